The summed E-state index contributed by atoms with van der Waals surface area (Å²) < 4.78 is 10.3. The van der Waals surface area contributed by atoms with Crippen LogP contribution in [0.2, 0.25) is 0 Å². The molecule has 6 nitrogen and oxygen atoms in total. The average Bonchev–Trinajstić information content (AvgIpc) is 3.16. The molecule has 2 aliphatic heterocycles. The average molecular weight is 362 g/mol. The molecule has 0 bridgehead atoms. The molecular weight excluding hydrogens is 336 g/mol. The Morgan fingerprint density at radius 2 is 2.12 bits per heavy atom. The SMILES string of the molecule is CC1CCC23COC(=O)C2=CC(O)CC3C1(C)CC(O)C1=CC(=O)OC1. The first-order valence-corrected chi connectivity index (χ1v) is 9.39. The van der Waals surface area contributed by atoms with Crippen molar-refractivity contribution in [1.29, 1.82) is 0 Å². The summed E-state index contributed by atoms with van der Waals surface area (Å²) in [7, 11) is 0. The van der Waals surface area contributed by atoms with Gasteiger partial charge in [0.15, 0.2) is 0 Å². The Morgan fingerprint density at radius 1 is 1.35 bits per heavy atom. The van der Waals surface area contributed by atoms with E-state index in [4.69, 9.17) is 9.47 Å². The zero-order valence-corrected chi connectivity index (χ0v) is 15.2. The van der Waals surface area contributed by atoms with Crippen LogP contribution < -0.4 is 0 Å². The molecule has 1 spiro atoms. The Kier molecular flexibility index (Phi) is 4.04. The number of aliphatic hydroxyl groups is 2. The van der Waals surface area contributed by atoms with Crippen LogP contribution >= 0.6 is 0 Å². The maximum atomic E-state index is 12.2. The Hall–Kier alpha value is -1.66. The van der Waals surface area contributed by atoms with Crippen molar-refractivity contribution in [1.82, 2.24) is 0 Å². The van der Waals surface area contributed by atoms with Gasteiger partial charge < -0.3 is 19.7 Å². The summed E-state index contributed by atoms with van der Waals surface area (Å²) in [6.45, 7) is 4.81. The first kappa shape index (κ1) is 17.7. The zero-order valence-electron chi connectivity index (χ0n) is 15.2. The number of ether oxygens (including phenoxy) is 2. The Labute approximate surface area is 152 Å². The normalized spacial score (nSPS) is 43.0. The third kappa shape index (κ3) is 2.46. The maximum Gasteiger partial charge on any atom is 0.334 e. The fraction of sp³-hybridized carbons (Fsp3) is 0.700. The minimum Gasteiger partial charge on any atom is -0.461 e. The topological polar surface area (TPSA) is 93.1 Å². The van der Waals surface area contributed by atoms with Crippen LogP contribution in [-0.2, 0) is 19.1 Å². The molecular formula is C20H26O6. The van der Waals surface area contributed by atoms with Gasteiger partial charge in [-0.2, -0.15) is 0 Å². The van der Waals surface area contributed by atoms with Gasteiger partial charge in [-0.1, -0.05) is 13.8 Å². The van der Waals surface area contributed by atoms with Crippen LogP contribution in [0.1, 0.15) is 39.5 Å². The van der Waals surface area contributed by atoms with Gasteiger partial charge in [0.25, 0.3) is 0 Å². The van der Waals surface area contributed by atoms with Crippen molar-refractivity contribution in [2.45, 2.75) is 51.7 Å². The van der Waals surface area contributed by atoms with E-state index in [9.17, 15) is 19.8 Å². The number of aliphatic hydroxyl groups excluding tert-OH is 2. The molecule has 2 fully saturated rings. The smallest absolute Gasteiger partial charge is 0.334 e. The van der Waals surface area contributed by atoms with E-state index in [0.717, 1.165) is 12.8 Å². The molecule has 4 rings (SSSR count). The van der Waals surface area contributed by atoms with Crippen LogP contribution in [-0.4, -0.2) is 47.6 Å². The monoisotopic (exact) mass is 362 g/mol. The van der Waals surface area contributed by atoms with Gasteiger partial charge in [-0.15, -0.1) is 0 Å². The van der Waals surface area contributed by atoms with Gasteiger partial charge in [-0.25, -0.2) is 9.59 Å². The van der Waals surface area contributed by atoms with Gasteiger partial charge in [0.2, 0.25) is 0 Å². The highest BCUT2D eigenvalue weighted by Gasteiger charge is 2.62. The van der Waals surface area contributed by atoms with Gasteiger partial charge in [0, 0.05) is 22.6 Å². The van der Waals surface area contributed by atoms with Crippen molar-refractivity contribution in [3.63, 3.8) is 0 Å². The molecule has 0 aromatic rings. The van der Waals surface area contributed by atoms with Gasteiger partial charge in [0.1, 0.15) is 13.2 Å². The second kappa shape index (κ2) is 5.92. The predicted octanol–water partition coefficient (Wildman–Crippen LogP) is 1.51. The quantitative estimate of drug-likeness (QED) is 0.739. The molecule has 1 saturated heterocycles. The van der Waals surface area contributed by atoms with Crippen molar-refractivity contribution in [2.24, 2.45) is 22.7 Å². The van der Waals surface area contributed by atoms with Crippen molar-refractivity contribution in [3.05, 3.63) is 23.3 Å². The zero-order chi connectivity index (χ0) is 18.7. The molecule has 26 heavy (non-hydrogen) atoms. The third-order valence-corrected chi connectivity index (χ3v) is 7.41. The van der Waals surface area contributed by atoms with Crippen LogP contribution in [0, 0.1) is 22.7 Å². The van der Waals surface area contributed by atoms with Gasteiger partial charge in [0.05, 0.1) is 12.2 Å². The van der Waals surface area contributed by atoms with Gasteiger partial charge in [-0.3, -0.25) is 0 Å². The minimum atomic E-state index is -0.770. The van der Waals surface area contributed by atoms with Crippen LogP contribution in [0.25, 0.3) is 0 Å². The second-order valence-electron chi connectivity index (χ2n) is 8.66. The first-order valence-electron chi connectivity index (χ1n) is 9.39. The molecule has 2 heterocycles. The molecule has 6 atom stereocenters. The second-order valence-corrected chi connectivity index (χ2v) is 8.66. The molecule has 4 aliphatic rings. The number of carbonyl (C=O) groups excluding carboxylic acids is 2. The molecule has 0 aromatic carbocycles. The molecule has 6 unspecified atom stereocenters. The number of hydrogen-bond acceptors (Lipinski definition) is 6. The summed E-state index contributed by atoms with van der Waals surface area (Å²) >= 11 is 0. The van der Waals surface area contributed by atoms with E-state index in [0.29, 0.717) is 36.5 Å². The molecule has 0 radical (unpaired) electrons. The lowest BCUT2D eigenvalue weighted by molar-refractivity contribution is -0.136. The highest BCUT2D eigenvalue weighted by Crippen LogP contribution is 2.64. The number of rotatable bonds is 3. The van der Waals surface area contributed by atoms with E-state index in [2.05, 4.69) is 13.8 Å². The van der Waals surface area contributed by atoms with Crippen molar-refractivity contribution >= 4 is 11.9 Å². The molecule has 2 N–H and O–H groups in total. The van der Waals surface area contributed by atoms with E-state index in [-0.39, 0.29) is 29.3 Å². The van der Waals surface area contributed by atoms with Crippen molar-refractivity contribution in [2.75, 3.05) is 13.2 Å². The van der Waals surface area contributed by atoms with E-state index in [1.807, 2.05) is 0 Å². The lowest BCUT2D eigenvalue weighted by Crippen LogP contribution is -2.54. The summed E-state index contributed by atoms with van der Waals surface area (Å²) in [4.78, 5) is 23.6. The first-order chi connectivity index (χ1) is 12.3. The number of carbonyl (C=O) groups is 2. The molecule has 6 heteroatoms. The maximum absolute atomic E-state index is 12.2. The third-order valence-electron chi connectivity index (χ3n) is 7.41. The summed E-state index contributed by atoms with van der Waals surface area (Å²) in [6, 6.07) is 0. The largest absolute Gasteiger partial charge is 0.461 e. The number of hydrogen-bond donors (Lipinski definition) is 2. The molecule has 142 valence electrons. The number of esters is 2. The lowest BCUT2D eigenvalue weighted by atomic mass is 9.46. The van der Waals surface area contributed by atoms with E-state index >= 15 is 0 Å². The van der Waals surface area contributed by atoms with Crippen LogP contribution in [0.15, 0.2) is 23.3 Å². The van der Waals surface area contributed by atoms with E-state index in [1.54, 1.807) is 6.08 Å². The standard InChI is InChI=1S/C20H26O6/c1-11-3-4-20-10-26-18(24)14(20)6-13(21)7-16(20)19(11,2)8-15(22)12-5-17(23)25-9-12/h5-6,11,13,15-16,21-22H,3-4,7-10H2,1-2H3. The van der Waals surface area contributed by atoms with E-state index < -0.39 is 18.2 Å². The van der Waals surface area contributed by atoms with E-state index in [1.165, 1.54) is 6.08 Å². The Bertz CT molecular complexity index is 709. The Balaban J connectivity index is 1.68. The molecule has 0 aromatic heterocycles. The summed E-state index contributed by atoms with van der Waals surface area (Å²) in [5.41, 5.74) is 0.563. The highest BCUT2D eigenvalue weighted by molar-refractivity contribution is 5.93. The lowest BCUT2D eigenvalue weighted by Gasteiger charge is -2.57. The summed E-state index contributed by atoms with van der Waals surface area (Å²) in [5.74, 6) is -0.378. The number of cyclic esters (lactones) is 2. The fourth-order valence-electron chi connectivity index (χ4n) is 5.70. The summed E-state index contributed by atoms with van der Waals surface area (Å²) in [5, 5.41) is 21.2. The van der Waals surface area contributed by atoms with Crippen molar-refractivity contribution in [3.8, 4) is 0 Å². The fourth-order valence-corrected chi connectivity index (χ4v) is 5.70. The minimum absolute atomic E-state index is 0.0356. The molecule has 2 aliphatic carbocycles. The van der Waals surface area contributed by atoms with Crippen molar-refractivity contribution < 1.29 is 29.3 Å². The molecule has 0 amide bonds. The van der Waals surface area contributed by atoms with Crippen LogP contribution in [0.3, 0.4) is 0 Å². The molecule has 1 saturated carbocycles. The van der Waals surface area contributed by atoms with Crippen LogP contribution in [0.4, 0.5) is 0 Å². The van der Waals surface area contributed by atoms with Gasteiger partial charge in [-0.05, 0) is 49.0 Å². The Morgan fingerprint density at radius 3 is 2.81 bits per heavy atom. The van der Waals surface area contributed by atoms with Gasteiger partial charge >= 0.3 is 11.9 Å². The predicted molar refractivity (Wildman–Crippen MR) is 91.8 cm³/mol. The highest BCUT2D eigenvalue weighted by atomic mass is 16.5. The van der Waals surface area contributed by atoms with Crippen LogP contribution in [0.5, 0.6) is 0 Å². The summed E-state index contributed by atoms with van der Waals surface area (Å²) in [6.07, 6.45) is 4.42.